The van der Waals surface area contributed by atoms with Crippen molar-refractivity contribution in [3.05, 3.63) is 126 Å². The quantitative estimate of drug-likeness (QED) is 0.233. The average molecular weight is 535 g/mol. The number of hydrogen-bond donors (Lipinski definition) is 3. The molecule has 0 aromatic heterocycles. The first-order valence-electron chi connectivity index (χ1n) is 13.5. The predicted molar refractivity (Wildman–Crippen MR) is 158 cm³/mol. The molecule has 1 heterocycles. The van der Waals surface area contributed by atoms with Crippen LogP contribution in [-0.4, -0.2) is 30.5 Å². The van der Waals surface area contributed by atoms with Gasteiger partial charge in [-0.3, -0.25) is 4.79 Å². The van der Waals surface area contributed by atoms with E-state index in [1.54, 1.807) is 0 Å². The third kappa shape index (κ3) is 6.53. The second-order valence-corrected chi connectivity index (χ2v) is 10.1. The SMILES string of the molecule is C=C(N)c1cccc(CC(CO)C(CCc2ccccc2)NC(=O)c2ccc(-c3ccc4c(c3)OCO4)cc2)c1. The molecule has 1 amide bonds. The maximum absolute atomic E-state index is 13.4. The number of benzene rings is 4. The fourth-order valence-electron chi connectivity index (χ4n) is 5.07. The monoisotopic (exact) mass is 534 g/mol. The number of aliphatic hydroxyl groups is 1. The minimum absolute atomic E-state index is 0.0589. The van der Waals surface area contributed by atoms with Gasteiger partial charge in [0.05, 0.1) is 0 Å². The normalized spacial score (nSPS) is 13.4. The van der Waals surface area contributed by atoms with E-state index in [0.29, 0.717) is 24.1 Å². The number of aryl methyl sites for hydroxylation is 1. The van der Waals surface area contributed by atoms with Gasteiger partial charge in [-0.05, 0) is 77.4 Å². The molecule has 4 N–H and O–H groups in total. The largest absolute Gasteiger partial charge is 0.454 e. The molecule has 204 valence electrons. The summed E-state index contributed by atoms with van der Waals surface area (Å²) in [5.74, 6) is 1.11. The zero-order chi connectivity index (χ0) is 27.9. The lowest BCUT2D eigenvalue weighted by molar-refractivity contribution is 0.0898. The Morgan fingerprint density at radius 3 is 2.33 bits per heavy atom. The molecule has 0 aliphatic carbocycles. The number of rotatable bonds is 11. The van der Waals surface area contributed by atoms with E-state index in [1.165, 1.54) is 5.56 Å². The maximum atomic E-state index is 13.4. The van der Waals surface area contributed by atoms with Gasteiger partial charge < -0.3 is 25.6 Å². The van der Waals surface area contributed by atoms with Crippen LogP contribution in [0.4, 0.5) is 0 Å². The summed E-state index contributed by atoms with van der Waals surface area (Å²) in [6.07, 6.45) is 2.07. The minimum atomic E-state index is -0.240. The molecule has 0 spiro atoms. The summed E-state index contributed by atoms with van der Waals surface area (Å²) in [6, 6.07) is 31.1. The third-order valence-electron chi connectivity index (χ3n) is 7.36. The number of carbonyl (C=O) groups is 1. The number of hydrogen-bond acceptors (Lipinski definition) is 5. The van der Waals surface area contributed by atoms with Crippen LogP contribution in [0, 0.1) is 5.92 Å². The number of ether oxygens (including phenoxy) is 2. The van der Waals surface area contributed by atoms with Crippen molar-refractivity contribution >= 4 is 11.6 Å². The number of nitrogens with one attached hydrogen (secondary N) is 1. The molecule has 5 rings (SSSR count). The zero-order valence-corrected chi connectivity index (χ0v) is 22.4. The molecular weight excluding hydrogens is 500 g/mol. The van der Waals surface area contributed by atoms with Gasteiger partial charge in [-0.15, -0.1) is 0 Å². The van der Waals surface area contributed by atoms with Gasteiger partial charge in [0.1, 0.15) is 0 Å². The van der Waals surface area contributed by atoms with E-state index >= 15 is 0 Å². The van der Waals surface area contributed by atoms with Gasteiger partial charge >= 0.3 is 0 Å². The van der Waals surface area contributed by atoms with Crippen molar-refractivity contribution in [2.45, 2.75) is 25.3 Å². The molecule has 0 radical (unpaired) electrons. The number of carbonyl (C=O) groups excluding carboxylic acids is 1. The van der Waals surface area contributed by atoms with Crippen LogP contribution >= 0.6 is 0 Å². The molecule has 0 saturated heterocycles. The van der Waals surface area contributed by atoms with Gasteiger partial charge in [-0.25, -0.2) is 0 Å². The van der Waals surface area contributed by atoms with Crippen molar-refractivity contribution in [1.82, 2.24) is 5.32 Å². The lowest BCUT2D eigenvalue weighted by Gasteiger charge is -2.27. The maximum Gasteiger partial charge on any atom is 0.251 e. The molecule has 0 fully saturated rings. The first-order chi connectivity index (χ1) is 19.5. The van der Waals surface area contributed by atoms with E-state index in [4.69, 9.17) is 15.2 Å². The van der Waals surface area contributed by atoms with Crippen LogP contribution in [-0.2, 0) is 12.8 Å². The molecule has 1 aliphatic rings. The van der Waals surface area contributed by atoms with Gasteiger partial charge in [0.25, 0.3) is 5.91 Å². The van der Waals surface area contributed by atoms with Crippen LogP contribution in [0.1, 0.15) is 33.5 Å². The Morgan fingerprint density at radius 1 is 0.850 bits per heavy atom. The molecule has 4 aromatic rings. The minimum Gasteiger partial charge on any atom is -0.454 e. The van der Waals surface area contributed by atoms with Gasteiger partial charge in [-0.2, -0.15) is 0 Å². The number of aliphatic hydroxyl groups excluding tert-OH is 1. The fraction of sp³-hybridized carbons (Fsp3) is 0.206. The van der Waals surface area contributed by atoms with E-state index in [0.717, 1.165) is 40.2 Å². The van der Waals surface area contributed by atoms with Gasteiger partial charge in [0.15, 0.2) is 11.5 Å². The Kier molecular flexibility index (Phi) is 8.47. The Bertz CT molecular complexity index is 1470. The first-order valence-corrected chi connectivity index (χ1v) is 13.5. The van der Waals surface area contributed by atoms with Crippen molar-refractivity contribution in [1.29, 1.82) is 0 Å². The molecular formula is C34H34N2O4. The summed E-state index contributed by atoms with van der Waals surface area (Å²) in [5, 5.41) is 13.7. The average Bonchev–Trinajstić information content (AvgIpc) is 3.47. The van der Waals surface area contributed by atoms with Crippen LogP contribution in [0.2, 0.25) is 0 Å². The van der Waals surface area contributed by atoms with E-state index in [9.17, 15) is 9.90 Å². The van der Waals surface area contributed by atoms with Gasteiger partial charge in [0.2, 0.25) is 6.79 Å². The molecule has 2 atom stereocenters. The standard InChI is InChI=1S/C34H34N2O4/c1-23(35)28-9-5-8-25(18-28)19-30(21-37)31(16-10-24-6-3-2-4-7-24)36-34(38)27-13-11-26(12-14-27)29-15-17-32-33(20-29)40-22-39-32/h2-9,11-15,17-18,20,30-31,37H,1,10,16,19,21-22,35H2,(H,36,38). The van der Waals surface area contributed by atoms with E-state index in [-0.39, 0.29) is 31.3 Å². The second-order valence-electron chi connectivity index (χ2n) is 10.1. The number of nitrogens with two attached hydrogens (primary N) is 1. The van der Waals surface area contributed by atoms with E-state index < -0.39 is 0 Å². The third-order valence-corrected chi connectivity index (χ3v) is 7.36. The predicted octanol–water partition coefficient (Wildman–Crippen LogP) is 5.59. The highest BCUT2D eigenvalue weighted by Gasteiger charge is 2.24. The lowest BCUT2D eigenvalue weighted by atomic mass is 9.88. The fourth-order valence-corrected chi connectivity index (χ4v) is 5.07. The summed E-state index contributed by atoms with van der Waals surface area (Å²) >= 11 is 0. The summed E-state index contributed by atoms with van der Waals surface area (Å²) in [7, 11) is 0. The topological polar surface area (TPSA) is 93.8 Å². The molecule has 4 aromatic carbocycles. The molecule has 6 nitrogen and oxygen atoms in total. The Hall–Kier alpha value is -4.55. The molecule has 0 bridgehead atoms. The number of fused-ring (bicyclic) bond motifs is 1. The smallest absolute Gasteiger partial charge is 0.251 e. The van der Waals surface area contributed by atoms with Gasteiger partial charge in [-0.1, -0.05) is 73.3 Å². The second kappa shape index (κ2) is 12.5. The van der Waals surface area contributed by atoms with Crippen LogP contribution in [0.5, 0.6) is 11.5 Å². The van der Waals surface area contributed by atoms with E-state index in [1.807, 2.05) is 84.9 Å². The van der Waals surface area contributed by atoms with Crippen LogP contribution in [0.3, 0.4) is 0 Å². The van der Waals surface area contributed by atoms with Crippen molar-refractivity contribution in [3.8, 4) is 22.6 Å². The van der Waals surface area contributed by atoms with Crippen molar-refractivity contribution < 1.29 is 19.4 Å². The highest BCUT2D eigenvalue weighted by Crippen LogP contribution is 2.36. The molecule has 2 unspecified atom stereocenters. The summed E-state index contributed by atoms with van der Waals surface area (Å²) in [6.45, 7) is 4.01. The lowest BCUT2D eigenvalue weighted by Crippen LogP contribution is -2.43. The van der Waals surface area contributed by atoms with Crippen LogP contribution in [0.25, 0.3) is 16.8 Å². The van der Waals surface area contributed by atoms with Crippen molar-refractivity contribution in [2.24, 2.45) is 11.7 Å². The van der Waals surface area contributed by atoms with Crippen molar-refractivity contribution in [2.75, 3.05) is 13.4 Å². The summed E-state index contributed by atoms with van der Waals surface area (Å²) < 4.78 is 10.9. The Labute approximate surface area is 235 Å². The number of amides is 1. The molecule has 40 heavy (non-hydrogen) atoms. The Balaban J connectivity index is 1.32. The summed E-state index contributed by atoms with van der Waals surface area (Å²) in [4.78, 5) is 13.4. The highest BCUT2D eigenvalue weighted by molar-refractivity contribution is 5.95. The summed E-state index contributed by atoms with van der Waals surface area (Å²) in [5.41, 5.74) is 12.0. The molecule has 1 aliphatic heterocycles. The highest BCUT2D eigenvalue weighted by atomic mass is 16.7. The van der Waals surface area contributed by atoms with Gasteiger partial charge in [0, 0.05) is 29.8 Å². The Morgan fingerprint density at radius 2 is 1.57 bits per heavy atom. The van der Waals surface area contributed by atoms with Crippen LogP contribution in [0.15, 0.2) is 104 Å². The molecule has 0 saturated carbocycles. The first kappa shape index (κ1) is 27.0. The van der Waals surface area contributed by atoms with Crippen LogP contribution < -0.4 is 20.5 Å². The van der Waals surface area contributed by atoms with Crippen molar-refractivity contribution in [3.63, 3.8) is 0 Å². The van der Waals surface area contributed by atoms with E-state index in [2.05, 4.69) is 24.0 Å². The zero-order valence-electron chi connectivity index (χ0n) is 22.4. The molecule has 6 heteroatoms.